The zero-order valence-electron chi connectivity index (χ0n) is 12.9. The first-order valence-electron chi connectivity index (χ1n) is 8.11. The van der Waals surface area contributed by atoms with E-state index >= 15 is 0 Å². The third-order valence-electron chi connectivity index (χ3n) is 5.07. The molecule has 1 aliphatic heterocycles. The molecule has 0 aromatic carbocycles. The quantitative estimate of drug-likeness (QED) is 0.874. The van der Waals surface area contributed by atoms with Gasteiger partial charge in [0.2, 0.25) is 0 Å². The summed E-state index contributed by atoms with van der Waals surface area (Å²) in [5.41, 5.74) is 1.13. The van der Waals surface area contributed by atoms with E-state index in [0.717, 1.165) is 48.6 Å². The van der Waals surface area contributed by atoms with Crippen LogP contribution < -0.4 is 4.90 Å². The molecule has 0 radical (unpaired) electrons. The highest BCUT2D eigenvalue weighted by Crippen LogP contribution is 2.49. The number of anilines is 1. The smallest absolute Gasteiger partial charge is 0.128 e. The van der Waals surface area contributed by atoms with E-state index in [0.29, 0.717) is 13.2 Å². The van der Waals surface area contributed by atoms with Crippen molar-refractivity contribution >= 4 is 5.82 Å². The summed E-state index contributed by atoms with van der Waals surface area (Å²) in [6.07, 6.45) is 6.81. The third kappa shape index (κ3) is 3.55. The molecule has 1 aromatic rings. The number of rotatable bonds is 6. The van der Waals surface area contributed by atoms with Gasteiger partial charge in [0.25, 0.3) is 0 Å². The lowest BCUT2D eigenvalue weighted by atomic mass is 9.90. The highest BCUT2D eigenvalue weighted by atomic mass is 16.5. The van der Waals surface area contributed by atoms with E-state index in [4.69, 9.17) is 9.84 Å². The van der Waals surface area contributed by atoms with E-state index in [2.05, 4.69) is 22.0 Å². The van der Waals surface area contributed by atoms with Crippen molar-refractivity contribution < 1.29 is 9.84 Å². The zero-order chi connectivity index (χ0) is 14.7. The Morgan fingerprint density at radius 3 is 2.76 bits per heavy atom. The van der Waals surface area contributed by atoms with E-state index in [9.17, 15) is 0 Å². The van der Waals surface area contributed by atoms with Crippen molar-refractivity contribution in [3.8, 4) is 0 Å². The normalized spacial score (nSPS) is 26.1. The summed E-state index contributed by atoms with van der Waals surface area (Å²) in [6.45, 7) is 3.22. The Bertz CT molecular complexity index is 441. The van der Waals surface area contributed by atoms with Crippen LogP contribution in [0.5, 0.6) is 0 Å². The summed E-state index contributed by atoms with van der Waals surface area (Å²) in [5, 5.41) is 9.02. The lowest BCUT2D eigenvalue weighted by Gasteiger charge is -2.33. The number of nitrogens with zero attached hydrogens (tertiary/aromatic N) is 2. The van der Waals surface area contributed by atoms with Crippen molar-refractivity contribution in [1.29, 1.82) is 0 Å². The summed E-state index contributed by atoms with van der Waals surface area (Å²) in [6, 6.07) is 4.22. The standard InChI is InChI=1S/C17H26N2O2/c1-21-12-13-2-3-17(18-11-13)19-7-4-14(5-8-19)16-10-15(16)6-9-20/h2-3,11,14-16,20H,4-10,12H2,1H3/t15-,16-/m1/s1. The third-order valence-corrected chi connectivity index (χ3v) is 5.07. The second-order valence-corrected chi connectivity index (χ2v) is 6.45. The number of aliphatic hydroxyl groups is 1. The second-order valence-electron chi connectivity index (χ2n) is 6.45. The van der Waals surface area contributed by atoms with Gasteiger partial charge >= 0.3 is 0 Å². The van der Waals surface area contributed by atoms with Crippen molar-refractivity contribution in [2.75, 3.05) is 31.7 Å². The largest absolute Gasteiger partial charge is 0.396 e. The van der Waals surface area contributed by atoms with Gasteiger partial charge in [-0.05, 0) is 55.1 Å². The molecule has 0 spiro atoms. The number of hydrogen-bond acceptors (Lipinski definition) is 4. The van der Waals surface area contributed by atoms with Crippen LogP contribution in [0.4, 0.5) is 5.82 Å². The van der Waals surface area contributed by atoms with Crippen LogP contribution >= 0.6 is 0 Å². The predicted molar refractivity (Wildman–Crippen MR) is 83.2 cm³/mol. The van der Waals surface area contributed by atoms with Crippen LogP contribution in [0.1, 0.15) is 31.2 Å². The first-order chi connectivity index (χ1) is 10.3. The van der Waals surface area contributed by atoms with Crippen LogP contribution in [0.15, 0.2) is 18.3 Å². The molecule has 0 amide bonds. The average Bonchev–Trinajstić information content (AvgIpc) is 3.28. The Labute approximate surface area is 127 Å². The molecule has 4 nitrogen and oxygen atoms in total. The minimum Gasteiger partial charge on any atom is -0.396 e. The maximum absolute atomic E-state index is 9.02. The van der Waals surface area contributed by atoms with Gasteiger partial charge in [-0.1, -0.05) is 6.07 Å². The number of ether oxygens (including phenoxy) is 1. The van der Waals surface area contributed by atoms with Gasteiger partial charge in [-0.2, -0.15) is 0 Å². The first kappa shape index (κ1) is 14.8. The highest BCUT2D eigenvalue weighted by Gasteiger charge is 2.42. The summed E-state index contributed by atoms with van der Waals surface area (Å²) in [7, 11) is 1.71. The maximum Gasteiger partial charge on any atom is 0.128 e. The Kier molecular flexibility index (Phi) is 4.76. The van der Waals surface area contributed by atoms with Gasteiger partial charge < -0.3 is 14.7 Å². The van der Waals surface area contributed by atoms with Crippen LogP contribution in [0, 0.1) is 17.8 Å². The van der Waals surface area contributed by atoms with Crippen molar-refractivity contribution in [2.24, 2.45) is 17.8 Å². The van der Waals surface area contributed by atoms with Crippen molar-refractivity contribution in [2.45, 2.75) is 32.3 Å². The van der Waals surface area contributed by atoms with Crippen LogP contribution in [0.2, 0.25) is 0 Å². The number of aromatic nitrogens is 1. The molecular formula is C17H26N2O2. The highest BCUT2D eigenvalue weighted by molar-refractivity contribution is 5.39. The van der Waals surface area contributed by atoms with Crippen molar-refractivity contribution in [1.82, 2.24) is 4.98 Å². The van der Waals surface area contributed by atoms with Gasteiger partial charge in [0.15, 0.2) is 0 Å². The molecule has 2 heterocycles. The van der Waals surface area contributed by atoms with Gasteiger partial charge in [0.1, 0.15) is 5.82 Å². The van der Waals surface area contributed by atoms with E-state index in [1.165, 1.54) is 19.3 Å². The van der Waals surface area contributed by atoms with E-state index < -0.39 is 0 Å². The van der Waals surface area contributed by atoms with E-state index in [1.54, 1.807) is 7.11 Å². The van der Waals surface area contributed by atoms with Crippen molar-refractivity contribution in [3.05, 3.63) is 23.9 Å². The fourth-order valence-electron chi connectivity index (χ4n) is 3.76. The summed E-state index contributed by atoms with van der Waals surface area (Å²) < 4.78 is 5.12. The Morgan fingerprint density at radius 2 is 2.14 bits per heavy atom. The van der Waals surface area contributed by atoms with Gasteiger partial charge in [0, 0.05) is 33.0 Å². The molecule has 1 aliphatic carbocycles. The number of pyridine rings is 1. The first-order valence-corrected chi connectivity index (χ1v) is 8.11. The van der Waals surface area contributed by atoms with E-state index in [1.807, 2.05) is 6.20 Å². The SMILES string of the molecule is COCc1ccc(N2CCC([C@H]3C[C@H]3CCO)CC2)nc1. The molecule has 1 aromatic heterocycles. The topological polar surface area (TPSA) is 45.6 Å². The molecule has 2 aliphatic rings. The van der Waals surface area contributed by atoms with Gasteiger partial charge in [0.05, 0.1) is 6.61 Å². The predicted octanol–water partition coefficient (Wildman–Crippen LogP) is 2.46. The molecule has 2 atom stereocenters. The van der Waals surface area contributed by atoms with Gasteiger partial charge in [-0.3, -0.25) is 0 Å². The fraction of sp³-hybridized carbons (Fsp3) is 0.706. The van der Waals surface area contributed by atoms with E-state index in [-0.39, 0.29) is 0 Å². The lowest BCUT2D eigenvalue weighted by Crippen LogP contribution is -2.35. The molecule has 0 unspecified atom stereocenters. The monoisotopic (exact) mass is 290 g/mol. The zero-order valence-corrected chi connectivity index (χ0v) is 12.9. The second kappa shape index (κ2) is 6.75. The fourth-order valence-corrected chi connectivity index (χ4v) is 3.76. The minimum absolute atomic E-state index is 0.359. The van der Waals surface area contributed by atoms with Crippen molar-refractivity contribution in [3.63, 3.8) is 0 Å². The summed E-state index contributed by atoms with van der Waals surface area (Å²) in [5.74, 6) is 3.65. The Balaban J connectivity index is 1.49. The molecule has 3 rings (SSSR count). The molecule has 116 valence electrons. The molecular weight excluding hydrogens is 264 g/mol. The van der Waals surface area contributed by atoms with Gasteiger partial charge in [-0.25, -0.2) is 4.98 Å². The molecule has 0 bridgehead atoms. The molecule has 2 fully saturated rings. The average molecular weight is 290 g/mol. The number of piperidine rings is 1. The number of methoxy groups -OCH3 is 1. The molecule has 4 heteroatoms. The van der Waals surface area contributed by atoms with Crippen LogP contribution in [0.3, 0.4) is 0 Å². The van der Waals surface area contributed by atoms with Gasteiger partial charge in [-0.15, -0.1) is 0 Å². The van der Waals surface area contributed by atoms with Crippen LogP contribution in [-0.2, 0) is 11.3 Å². The number of aliphatic hydroxyl groups excluding tert-OH is 1. The molecule has 1 saturated carbocycles. The molecule has 1 N–H and O–H groups in total. The minimum atomic E-state index is 0.359. The maximum atomic E-state index is 9.02. The Morgan fingerprint density at radius 1 is 1.33 bits per heavy atom. The lowest BCUT2D eigenvalue weighted by molar-refractivity contribution is 0.184. The molecule has 1 saturated heterocycles. The molecule has 21 heavy (non-hydrogen) atoms. The summed E-state index contributed by atoms with van der Waals surface area (Å²) >= 11 is 0. The summed E-state index contributed by atoms with van der Waals surface area (Å²) in [4.78, 5) is 6.96. The van der Waals surface area contributed by atoms with Crippen LogP contribution in [-0.4, -0.2) is 36.9 Å². The Hall–Kier alpha value is -1.13. The van der Waals surface area contributed by atoms with Crippen LogP contribution in [0.25, 0.3) is 0 Å². The number of hydrogen-bond donors (Lipinski definition) is 1.